The van der Waals surface area contributed by atoms with Crippen molar-refractivity contribution in [1.29, 1.82) is 0 Å². The van der Waals surface area contributed by atoms with Crippen molar-refractivity contribution >= 4 is 6.03 Å². The average molecular weight is 214 g/mol. The highest BCUT2D eigenvalue weighted by molar-refractivity contribution is 5.74. The maximum Gasteiger partial charge on any atom is 0.317 e. The normalized spacial score (nSPS) is 25.7. The molecule has 1 saturated carbocycles. The lowest BCUT2D eigenvalue weighted by Crippen LogP contribution is -2.48. The monoisotopic (exact) mass is 214 g/mol. The zero-order chi connectivity index (χ0) is 11.3. The molecule has 2 amide bonds. The molecule has 0 aromatic heterocycles. The zero-order valence-electron chi connectivity index (χ0n) is 9.21. The first-order valence-electron chi connectivity index (χ1n) is 5.41. The third kappa shape index (κ3) is 3.53. The van der Waals surface area contributed by atoms with Crippen LogP contribution < -0.4 is 5.32 Å². The van der Waals surface area contributed by atoms with Gasteiger partial charge in [-0.3, -0.25) is 0 Å². The van der Waals surface area contributed by atoms with E-state index in [1.165, 1.54) is 4.90 Å². The van der Waals surface area contributed by atoms with Gasteiger partial charge in [-0.05, 0) is 12.8 Å². The van der Waals surface area contributed by atoms with Gasteiger partial charge in [0.15, 0.2) is 0 Å². The number of carbonyl (C=O) groups excluding carboxylic acids is 1. The van der Waals surface area contributed by atoms with Gasteiger partial charge >= 0.3 is 6.03 Å². The Hall–Kier alpha value is -1.06. The second kappa shape index (κ2) is 5.73. The highest BCUT2D eigenvalue weighted by atomic mass is 19.1. The standard InChI is InChI=1S/C11H19FN2O/c1-3-8-14(2)11(15)13-10-7-5-4-6-9(10)12/h3,9-10H,1,4-8H2,2H3,(H,13,15)/t9-,10-/m1/s1. The molecule has 1 rings (SSSR count). The number of amides is 2. The highest BCUT2D eigenvalue weighted by Gasteiger charge is 2.26. The lowest BCUT2D eigenvalue weighted by Gasteiger charge is -2.28. The summed E-state index contributed by atoms with van der Waals surface area (Å²) in [6.45, 7) is 4.03. The van der Waals surface area contributed by atoms with Crippen molar-refractivity contribution in [3.05, 3.63) is 12.7 Å². The van der Waals surface area contributed by atoms with Gasteiger partial charge in [0.05, 0.1) is 6.04 Å². The number of hydrogen-bond acceptors (Lipinski definition) is 1. The van der Waals surface area contributed by atoms with E-state index >= 15 is 0 Å². The molecule has 0 aromatic carbocycles. The van der Waals surface area contributed by atoms with Crippen molar-refractivity contribution in [2.75, 3.05) is 13.6 Å². The molecule has 0 aliphatic heterocycles. The van der Waals surface area contributed by atoms with Gasteiger partial charge < -0.3 is 10.2 Å². The van der Waals surface area contributed by atoms with Crippen LogP contribution in [0.4, 0.5) is 9.18 Å². The van der Waals surface area contributed by atoms with E-state index in [0.29, 0.717) is 13.0 Å². The van der Waals surface area contributed by atoms with Crippen LogP contribution in [-0.2, 0) is 0 Å². The van der Waals surface area contributed by atoms with Crippen LogP contribution in [0.25, 0.3) is 0 Å². The number of likely N-dealkylation sites (N-methyl/N-ethyl adjacent to an activating group) is 1. The Labute approximate surface area is 90.3 Å². The second-order valence-electron chi connectivity index (χ2n) is 4.03. The topological polar surface area (TPSA) is 32.3 Å². The number of carbonyl (C=O) groups is 1. The number of urea groups is 1. The van der Waals surface area contributed by atoms with Crippen molar-refractivity contribution in [1.82, 2.24) is 10.2 Å². The van der Waals surface area contributed by atoms with Gasteiger partial charge in [-0.25, -0.2) is 9.18 Å². The third-order valence-corrected chi connectivity index (χ3v) is 2.74. The summed E-state index contributed by atoms with van der Waals surface area (Å²) in [7, 11) is 1.67. The maximum atomic E-state index is 13.4. The van der Waals surface area contributed by atoms with E-state index in [1.54, 1.807) is 13.1 Å². The number of hydrogen-bond donors (Lipinski definition) is 1. The van der Waals surface area contributed by atoms with E-state index in [1.807, 2.05) is 0 Å². The summed E-state index contributed by atoms with van der Waals surface area (Å²) in [6.07, 6.45) is 3.99. The fourth-order valence-electron chi connectivity index (χ4n) is 1.79. The van der Waals surface area contributed by atoms with Crippen LogP contribution in [0, 0.1) is 0 Å². The molecule has 0 unspecified atom stereocenters. The van der Waals surface area contributed by atoms with Crippen molar-refractivity contribution in [2.45, 2.75) is 37.9 Å². The highest BCUT2D eigenvalue weighted by Crippen LogP contribution is 2.21. The smallest absolute Gasteiger partial charge is 0.317 e. The molecule has 3 nitrogen and oxygen atoms in total. The van der Waals surface area contributed by atoms with Gasteiger partial charge in [0, 0.05) is 13.6 Å². The molecule has 1 fully saturated rings. The Morgan fingerprint density at radius 2 is 2.27 bits per heavy atom. The van der Waals surface area contributed by atoms with Crippen molar-refractivity contribution in [3.63, 3.8) is 0 Å². The number of rotatable bonds is 3. The first-order chi connectivity index (χ1) is 7.15. The minimum absolute atomic E-state index is 0.218. The molecular weight excluding hydrogens is 195 g/mol. The van der Waals surface area contributed by atoms with E-state index in [9.17, 15) is 9.18 Å². The van der Waals surface area contributed by atoms with Crippen LogP contribution >= 0.6 is 0 Å². The SMILES string of the molecule is C=CCN(C)C(=O)N[C@@H]1CCCC[C@H]1F. The van der Waals surface area contributed by atoms with Gasteiger partial charge in [0.2, 0.25) is 0 Å². The molecule has 1 aliphatic rings. The minimum Gasteiger partial charge on any atom is -0.332 e. The Bertz CT molecular complexity index is 233. The summed E-state index contributed by atoms with van der Waals surface area (Å²) in [4.78, 5) is 13.0. The lowest BCUT2D eigenvalue weighted by molar-refractivity contribution is 0.169. The number of nitrogens with one attached hydrogen (secondary N) is 1. The van der Waals surface area contributed by atoms with E-state index in [-0.39, 0.29) is 12.1 Å². The summed E-state index contributed by atoms with van der Waals surface area (Å²) in [5, 5.41) is 2.72. The number of nitrogens with zero attached hydrogens (tertiary/aromatic N) is 1. The third-order valence-electron chi connectivity index (χ3n) is 2.74. The van der Waals surface area contributed by atoms with Gasteiger partial charge in [-0.1, -0.05) is 18.9 Å². The molecule has 0 aromatic rings. The van der Waals surface area contributed by atoms with E-state index < -0.39 is 6.17 Å². The van der Waals surface area contributed by atoms with Crippen LogP contribution in [0.3, 0.4) is 0 Å². The predicted octanol–water partition coefficient (Wildman–Crippen LogP) is 2.09. The molecule has 86 valence electrons. The molecule has 15 heavy (non-hydrogen) atoms. The van der Waals surface area contributed by atoms with Crippen LogP contribution in [0.5, 0.6) is 0 Å². The summed E-state index contributed by atoms with van der Waals surface area (Å²) in [5.41, 5.74) is 0. The van der Waals surface area contributed by atoms with Gasteiger partial charge in [0.1, 0.15) is 6.17 Å². The first kappa shape index (κ1) is 12.0. The molecule has 4 heteroatoms. The Morgan fingerprint density at radius 1 is 1.60 bits per heavy atom. The largest absolute Gasteiger partial charge is 0.332 e. The van der Waals surface area contributed by atoms with Crippen molar-refractivity contribution in [3.8, 4) is 0 Å². The zero-order valence-corrected chi connectivity index (χ0v) is 9.21. The Balaban J connectivity index is 2.38. The summed E-state index contributed by atoms with van der Waals surface area (Å²) < 4.78 is 13.4. The molecule has 1 aliphatic carbocycles. The maximum absolute atomic E-state index is 13.4. The summed E-state index contributed by atoms with van der Waals surface area (Å²) >= 11 is 0. The van der Waals surface area contributed by atoms with Gasteiger partial charge in [-0.2, -0.15) is 0 Å². The minimum atomic E-state index is -0.889. The molecule has 0 bridgehead atoms. The van der Waals surface area contributed by atoms with E-state index in [0.717, 1.165) is 19.3 Å². The van der Waals surface area contributed by atoms with Crippen LogP contribution in [-0.4, -0.2) is 36.7 Å². The van der Waals surface area contributed by atoms with Crippen LogP contribution in [0.15, 0.2) is 12.7 Å². The molecule has 0 radical (unpaired) electrons. The lowest BCUT2D eigenvalue weighted by atomic mass is 9.94. The summed E-state index contributed by atoms with van der Waals surface area (Å²) in [5.74, 6) is 0. The van der Waals surface area contributed by atoms with Crippen LogP contribution in [0.2, 0.25) is 0 Å². The molecule has 1 N–H and O–H groups in total. The van der Waals surface area contributed by atoms with Crippen molar-refractivity contribution < 1.29 is 9.18 Å². The summed E-state index contributed by atoms with van der Waals surface area (Å²) in [6, 6.07) is -0.525. The Kier molecular flexibility index (Phi) is 4.59. The fraction of sp³-hybridized carbons (Fsp3) is 0.727. The molecule has 0 saturated heterocycles. The molecular formula is C11H19FN2O. The quantitative estimate of drug-likeness (QED) is 0.717. The van der Waals surface area contributed by atoms with Crippen molar-refractivity contribution in [2.24, 2.45) is 0 Å². The number of alkyl halides is 1. The van der Waals surface area contributed by atoms with E-state index in [2.05, 4.69) is 11.9 Å². The predicted molar refractivity (Wildman–Crippen MR) is 58.5 cm³/mol. The number of halogens is 1. The molecule has 0 heterocycles. The molecule has 2 atom stereocenters. The Morgan fingerprint density at radius 3 is 2.87 bits per heavy atom. The van der Waals surface area contributed by atoms with E-state index in [4.69, 9.17) is 0 Å². The second-order valence-corrected chi connectivity index (χ2v) is 4.03. The average Bonchev–Trinajstić information content (AvgIpc) is 2.21. The first-order valence-corrected chi connectivity index (χ1v) is 5.41. The van der Waals surface area contributed by atoms with Gasteiger partial charge in [0.25, 0.3) is 0 Å². The fourth-order valence-corrected chi connectivity index (χ4v) is 1.79. The molecule has 0 spiro atoms. The van der Waals surface area contributed by atoms with Gasteiger partial charge in [-0.15, -0.1) is 6.58 Å². The van der Waals surface area contributed by atoms with Crippen LogP contribution in [0.1, 0.15) is 25.7 Å².